The molecule has 0 aliphatic heterocycles. The fraction of sp³-hybridized carbons (Fsp3) is 0.308. The van der Waals surface area contributed by atoms with Gasteiger partial charge >= 0.3 is 0 Å². The van der Waals surface area contributed by atoms with Gasteiger partial charge < -0.3 is 10.6 Å². The number of pyridine rings is 1. The minimum atomic E-state index is -0.601. The minimum Gasteiger partial charge on any atom is -0.372 e. The third-order valence-corrected chi connectivity index (χ3v) is 5.89. The Morgan fingerprint density at radius 2 is 1.67 bits per heavy atom. The molecular formula is C26H30N4O3. The molecule has 1 amide bonds. The van der Waals surface area contributed by atoms with Crippen molar-refractivity contribution in [3.8, 4) is 11.3 Å². The molecule has 1 aliphatic rings. The van der Waals surface area contributed by atoms with E-state index in [9.17, 15) is 14.9 Å². The number of carbonyl (C=O) groups excluding carboxylic acids is 1. The molecule has 7 nitrogen and oxygen atoms in total. The van der Waals surface area contributed by atoms with Crippen molar-refractivity contribution in [2.24, 2.45) is 5.73 Å². The van der Waals surface area contributed by atoms with Crippen LogP contribution < -0.4 is 10.6 Å². The summed E-state index contributed by atoms with van der Waals surface area (Å²) in [6.07, 6.45) is 6.80. The van der Waals surface area contributed by atoms with Crippen LogP contribution in [0, 0.1) is 10.1 Å². The molecule has 1 aliphatic carbocycles. The van der Waals surface area contributed by atoms with Crippen LogP contribution >= 0.6 is 0 Å². The van der Waals surface area contributed by atoms with Gasteiger partial charge in [0.2, 0.25) is 5.91 Å². The van der Waals surface area contributed by atoms with Crippen LogP contribution in [0.1, 0.15) is 48.2 Å². The highest BCUT2D eigenvalue weighted by atomic mass is 16.6. The van der Waals surface area contributed by atoms with Crippen molar-refractivity contribution in [2.45, 2.75) is 39.5 Å². The van der Waals surface area contributed by atoms with E-state index in [4.69, 9.17) is 5.73 Å². The molecule has 1 heterocycles. The Hall–Kier alpha value is -3.74. The van der Waals surface area contributed by atoms with Crippen LogP contribution in [0.3, 0.4) is 0 Å². The average Bonchev–Trinajstić information content (AvgIpc) is 2.85. The fourth-order valence-electron chi connectivity index (χ4n) is 4.08. The summed E-state index contributed by atoms with van der Waals surface area (Å²) in [6, 6.07) is 16.6. The van der Waals surface area contributed by atoms with Crippen molar-refractivity contribution < 1.29 is 9.72 Å². The lowest BCUT2D eigenvalue weighted by Gasteiger charge is -2.21. The van der Waals surface area contributed by atoms with Crippen molar-refractivity contribution in [1.82, 2.24) is 4.98 Å². The number of nitro benzene ring substituents is 1. The van der Waals surface area contributed by atoms with E-state index in [1.54, 1.807) is 23.3 Å². The van der Waals surface area contributed by atoms with E-state index < -0.39 is 10.8 Å². The third kappa shape index (κ3) is 5.94. The van der Waals surface area contributed by atoms with Crippen LogP contribution in [0.5, 0.6) is 0 Å². The molecule has 0 radical (unpaired) electrons. The Labute approximate surface area is 194 Å². The molecule has 2 aromatic carbocycles. The topological polar surface area (TPSA) is 102 Å². The van der Waals surface area contributed by atoms with Gasteiger partial charge in [-0.15, -0.1) is 0 Å². The van der Waals surface area contributed by atoms with E-state index in [0.717, 1.165) is 18.8 Å². The van der Waals surface area contributed by atoms with Crippen LogP contribution in [0.15, 0.2) is 60.8 Å². The number of rotatable bonds is 6. The number of nitrogens with zero attached hydrogens (tertiary/aromatic N) is 3. The number of hydrogen-bond acceptors (Lipinski definition) is 5. The highest BCUT2D eigenvalue weighted by Gasteiger charge is 2.19. The third-order valence-electron chi connectivity index (χ3n) is 5.89. The maximum atomic E-state index is 11.3. The quantitative estimate of drug-likeness (QED) is 0.416. The normalized spacial score (nSPS) is 12.2. The monoisotopic (exact) mass is 446 g/mol. The molecule has 0 spiro atoms. The van der Waals surface area contributed by atoms with Crippen molar-refractivity contribution in [3.63, 3.8) is 0 Å². The first-order chi connectivity index (χ1) is 15.9. The van der Waals surface area contributed by atoms with Gasteiger partial charge in [0.25, 0.3) is 5.69 Å². The Kier molecular flexibility index (Phi) is 8.13. The van der Waals surface area contributed by atoms with E-state index in [1.807, 2.05) is 13.8 Å². The minimum absolute atomic E-state index is 0.0602. The van der Waals surface area contributed by atoms with Crippen molar-refractivity contribution in [3.05, 3.63) is 87.6 Å². The second-order valence-corrected chi connectivity index (χ2v) is 7.90. The second-order valence-electron chi connectivity index (χ2n) is 7.90. The molecule has 2 N–H and O–H groups in total. The summed E-state index contributed by atoms with van der Waals surface area (Å²) in [4.78, 5) is 28.4. The molecule has 0 atom stereocenters. The number of benzene rings is 2. The first-order valence-electron chi connectivity index (χ1n) is 11.3. The molecule has 3 aromatic rings. The van der Waals surface area contributed by atoms with Crippen LogP contribution in [0.4, 0.5) is 11.4 Å². The number of nitrogens with two attached hydrogens (primary N) is 1. The van der Waals surface area contributed by atoms with Crippen LogP contribution in [0.2, 0.25) is 0 Å². The molecule has 0 saturated carbocycles. The van der Waals surface area contributed by atoms with E-state index in [1.165, 1.54) is 50.1 Å². The molecule has 1 aromatic heterocycles. The molecule has 0 fully saturated rings. The lowest BCUT2D eigenvalue weighted by atomic mass is 9.92. The van der Waals surface area contributed by atoms with E-state index >= 15 is 0 Å². The molecule has 172 valence electrons. The zero-order valence-corrected chi connectivity index (χ0v) is 19.2. The summed E-state index contributed by atoms with van der Waals surface area (Å²) in [5, 5.41) is 11.3. The molecule has 33 heavy (non-hydrogen) atoms. The maximum absolute atomic E-state index is 11.3. The van der Waals surface area contributed by atoms with Crippen LogP contribution in [-0.2, 0) is 12.8 Å². The smallest absolute Gasteiger partial charge is 0.278 e. The second kappa shape index (κ2) is 11.2. The standard InChI is InChI=1S/C16H18N4O3.C10H12/c1-3-19(4-2)12-5-6-15(20(22)23)13(10-12)14-9-11(16(17)21)7-8-18-14;1-2-6-10-8-4-3-7-9(10)5-1/h5-10H,3-4H2,1-2H3,(H2,17,21);1-2,5-6H,3-4,7-8H2. The van der Waals surface area contributed by atoms with Gasteiger partial charge in [-0.05, 0) is 74.9 Å². The van der Waals surface area contributed by atoms with E-state index in [2.05, 4.69) is 34.1 Å². The number of fused-ring (bicyclic) bond motifs is 1. The first kappa shape index (κ1) is 23.9. The van der Waals surface area contributed by atoms with Crippen molar-refractivity contribution in [2.75, 3.05) is 18.0 Å². The largest absolute Gasteiger partial charge is 0.372 e. The van der Waals surface area contributed by atoms with Gasteiger partial charge in [-0.3, -0.25) is 19.9 Å². The lowest BCUT2D eigenvalue weighted by molar-refractivity contribution is -0.384. The predicted octanol–water partition coefficient (Wildman–Crippen LogP) is 5.17. The SMILES string of the molecule is CCN(CC)c1ccc([N+](=O)[O-])c(-c2cc(C(N)=O)ccn2)c1.c1ccc2c(c1)CCCC2. The van der Waals surface area contributed by atoms with Crippen molar-refractivity contribution in [1.29, 1.82) is 0 Å². The first-order valence-corrected chi connectivity index (χ1v) is 11.3. The molecule has 0 saturated heterocycles. The average molecular weight is 447 g/mol. The number of carbonyl (C=O) groups is 1. The highest BCUT2D eigenvalue weighted by Crippen LogP contribution is 2.33. The zero-order valence-electron chi connectivity index (χ0n) is 19.2. The van der Waals surface area contributed by atoms with Gasteiger partial charge in [-0.2, -0.15) is 0 Å². The van der Waals surface area contributed by atoms with E-state index in [0.29, 0.717) is 11.3 Å². The van der Waals surface area contributed by atoms with Gasteiger partial charge in [0, 0.05) is 36.6 Å². The summed E-state index contributed by atoms with van der Waals surface area (Å²) in [5.74, 6) is -0.601. The van der Waals surface area contributed by atoms with Gasteiger partial charge in [-0.25, -0.2) is 0 Å². The number of nitro groups is 1. The summed E-state index contributed by atoms with van der Waals surface area (Å²) in [7, 11) is 0. The Morgan fingerprint density at radius 1 is 1.03 bits per heavy atom. The molecule has 7 heteroatoms. The molecular weight excluding hydrogens is 416 g/mol. The number of amides is 1. The lowest BCUT2D eigenvalue weighted by Crippen LogP contribution is -2.21. The maximum Gasteiger partial charge on any atom is 0.278 e. The van der Waals surface area contributed by atoms with E-state index in [-0.39, 0.29) is 11.3 Å². The Balaban J connectivity index is 0.000000252. The number of hydrogen-bond donors (Lipinski definition) is 1. The summed E-state index contributed by atoms with van der Waals surface area (Å²) < 4.78 is 0. The fourth-order valence-corrected chi connectivity index (χ4v) is 4.08. The predicted molar refractivity (Wildman–Crippen MR) is 131 cm³/mol. The van der Waals surface area contributed by atoms with Gasteiger partial charge in [0.05, 0.1) is 16.2 Å². The molecule has 4 rings (SSSR count). The number of primary amides is 1. The van der Waals surface area contributed by atoms with Crippen LogP contribution in [-0.4, -0.2) is 28.9 Å². The summed E-state index contributed by atoms with van der Waals surface area (Å²) >= 11 is 0. The molecule has 0 bridgehead atoms. The number of anilines is 1. The summed E-state index contributed by atoms with van der Waals surface area (Å²) in [6.45, 7) is 5.58. The molecule has 0 unspecified atom stereocenters. The summed E-state index contributed by atoms with van der Waals surface area (Å²) in [5.41, 5.74) is 10.2. The van der Waals surface area contributed by atoms with Crippen molar-refractivity contribution >= 4 is 17.3 Å². The van der Waals surface area contributed by atoms with Gasteiger partial charge in [0.1, 0.15) is 0 Å². The Bertz CT molecular complexity index is 1100. The number of aromatic nitrogens is 1. The Morgan fingerprint density at radius 3 is 2.21 bits per heavy atom. The van der Waals surface area contributed by atoms with Gasteiger partial charge in [0.15, 0.2) is 0 Å². The highest BCUT2D eigenvalue weighted by molar-refractivity contribution is 5.94. The van der Waals surface area contributed by atoms with Gasteiger partial charge in [-0.1, -0.05) is 24.3 Å². The number of aryl methyl sites for hydroxylation is 2. The zero-order chi connectivity index (χ0) is 23.8. The van der Waals surface area contributed by atoms with Crippen LogP contribution in [0.25, 0.3) is 11.3 Å².